The topological polar surface area (TPSA) is 28.2 Å². The molecular weight excluding hydrogens is 290 g/mol. The zero-order valence-electron chi connectivity index (χ0n) is 12.3. The Morgan fingerprint density at radius 2 is 2.00 bits per heavy atom. The Balaban J connectivity index is 2.10. The second kappa shape index (κ2) is 6.02. The van der Waals surface area contributed by atoms with Crippen molar-refractivity contribution in [2.24, 2.45) is 0 Å². The summed E-state index contributed by atoms with van der Waals surface area (Å²) in [5, 5.41) is 3.39. The van der Waals surface area contributed by atoms with Gasteiger partial charge in [0, 0.05) is 17.5 Å². The third-order valence-corrected chi connectivity index (χ3v) is 3.87. The van der Waals surface area contributed by atoms with Gasteiger partial charge >= 0.3 is 0 Å². The molecular formula is C15H20ClN3S. The maximum atomic E-state index is 5.96. The monoisotopic (exact) mass is 309 g/mol. The van der Waals surface area contributed by atoms with E-state index in [-0.39, 0.29) is 5.54 Å². The molecule has 0 saturated carbocycles. The third-order valence-electron chi connectivity index (χ3n) is 2.65. The fraction of sp³-hybridized carbons (Fsp3) is 0.400. The van der Waals surface area contributed by atoms with Gasteiger partial charge in [0.1, 0.15) is 11.6 Å². The molecule has 2 aromatic rings. The van der Waals surface area contributed by atoms with Gasteiger partial charge in [0.25, 0.3) is 0 Å². The van der Waals surface area contributed by atoms with Crippen molar-refractivity contribution in [1.29, 1.82) is 0 Å². The number of hydrogen-bond acceptors (Lipinski definition) is 4. The molecule has 2 aromatic heterocycles. The second-order valence-corrected chi connectivity index (χ2v) is 7.62. The fourth-order valence-electron chi connectivity index (χ4n) is 1.84. The Hall–Kier alpha value is -1.26. The van der Waals surface area contributed by atoms with Crippen molar-refractivity contribution in [1.82, 2.24) is 4.98 Å². The van der Waals surface area contributed by atoms with Crippen molar-refractivity contribution in [2.45, 2.75) is 32.9 Å². The van der Waals surface area contributed by atoms with Crippen molar-refractivity contribution < 1.29 is 0 Å². The van der Waals surface area contributed by atoms with Gasteiger partial charge in [-0.15, -0.1) is 11.3 Å². The summed E-state index contributed by atoms with van der Waals surface area (Å²) in [5.41, 5.74) is 0.00543. The SMILES string of the molecule is CN(Cc1ccc(Cl)s1)c1cccc(NC(C)(C)C)n1. The van der Waals surface area contributed by atoms with Gasteiger partial charge in [0.15, 0.2) is 0 Å². The lowest BCUT2D eigenvalue weighted by atomic mass is 10.1. The van der Waals surface area contributed by atoms with Gasteiger partial charge in [-0.05, 0) is 45.0 Å². The first-order valence-corrected chi connectivity index (χ1v) is 7.73. The minimum atomic E-state index is 0.00543. The van der Waals surface area contributed by atoms with Gasteiger partial charge in [0.2, 0.25) is 0 Å². The number of halogens is 1. The van der Waals surface area contributed by atoms with Crippen LogP contribution in [-0.2, 0) is 6.54 Å². The van der Waals surface area contributed by atoms with Crippen molar-refractivity contribution in [3.63, 3.8) is 0 Å². The lowest BCUT2D eigenvalue weighted by Crippen LogP contribution is -2.27. The standard InChI is InChI=1S/C15H20ClN3S/c1-15(2,3)18-13-6-5-7-14(17-13)19(4)10-11-8-9-12(16)20-11/h5-9H,10H2,1-4H3,(H,17,18). The van der Waals surface area contributed by atoms with E-state index in [9.17, 15) is 0 Å². The predicted molar refractivity (Wildman–Crippen MR) is 89.0 cm³/mol. The highest BCUT2D eigenvalue weighted by Crippen LogP contribution is 2.24. The van der Waals surface area contributed by atoms with Crippen LogP contribution in [0.3, 0.4) is 0 Å². The Morgan fingerprint density at radius 1 is 1.25 bits per heavy atom. The van der Waals surface area contributed by atoms with Crippen molar-refractivity contribution in [2.75, 3.05) is 17.3 Å². The molecule has 108 valence electrons. The smallest absolute Gasteiger partial charge is 0.131 e. The highest BCUT2D eigenvalue weighted by Gasteiger charge is 2.11. The molecule has 0 atom stereocenters. The van der Waals surface area contributed by atoms with E-state index in [1.54, 1.807) is 11.3 Å². The normalized spacial score (nSPS) is 11.4. The zero-order valence-corrected chi connectivity index (χ0v) is 13.8. The fourth-order valence-corrected chi connectivity index (χ4v) is 2.98. The van der Waals surface area contributed by atoms with Crippen LogP contribution in [0.4, 0.5) is 11.6 Å². The molecule has 1 N–H and O–H groups in total. The van der Waals surface area contributed by atoms with E-state index in [1.165, 1.54) is 4.88 Å². The van der Waals surface area contributed by atoms with Crippen molar-refractivity contribution >= 4 is 34.6 Å². The first kappa shape index (κ1) is 15.1. The van der Waals surface area contributed by atoms with Gasteiger partial charge in [-0.3, -0.25) is 0 Å². The quantitative estimate of drug-likeness (QED) is 0.891. The summed E-state index contributed by atoms with van der Waals surface area (Å²) in [4.78, 5) is 8.00. The van der Waals surface area contributed by atoms with Crippen LogP contribution in [-0.4, -0.2) is 17.6 Å². The van der Waals surface area contributed by atoms with E-state index in [0.29, 0.717) is 0 Å². The summed E-state index contributed by atoms with van der Waals surface area (Å²) in [6.45, 7) is 7.18. The number of thiophene rings is 1. The van der Waals surface area contributed by atoms with Gasteiger partial charge in [-0.1, -0.05) is 17.7 Å². The van der Waals surface area contributed by atoms with Crippen LogP contribution in [0, 0.1) is 0 Å². The van der Waals surface area contributed by atoms with E-state index in [1.807, 2.05) is 31.3 Å². The average molecular weight is 310 g/mol. The van der Waals surface area contributed by atoms with Crippen LogP contribution in [0.25, 0.3) is 0 Å². The van der Waals surface area contributed by atoms with E-state index >= 15 is 0 Å². The minimum Gasteiger partial charge on any atom is -0.365 e. The van der Waals surface area contributed by atoms with E-state index < -0.39 is 0 Å². The number of nitrogens with one attached hydrogen (secondary N) is 1. The molecule has 0 aliphatic rings. The van der Waals surface area contributed by atoms with E-state index in [0.717, 1.165) is 22.5 Å². The maximum Gasteiger partial charge on any atom is 0.131 e. The van der Waals surface area contributed by atoms with Crippen LogP contribution in [0.5, 0.6) is 0 Å². The Labute approximate surface area is 129 Å². The van der Waals surface area contributed by atoms with Crippen molar-refractivity contribution in [3.05, 3.63) is 39.5 Å². The molecule has 2 rings (SSSR count). The molecule has 0 aromatic carbocycles. The summed E-state index contributed by atoms with van der Waals surface area (Å²) in [6.07, 6.45) is 0. The predicted octanol–water partition coefficient (Wildman–Crippen LogP) is 4.64. The number of aromatic nitrogens is 1. The summed E-state index contributed by atoms with van der Waals surface area (Å²) in [5.74, 6) is 1.84. The first-order valence-electron chi connectivity index (χ1n) is 6.54. The molecule has 20 heavy (non-hydrogen) atoms. The van der Waals surface area contributed by atoms with Gasteiger partial charge in [0.05, 0.1) is 10.9 Å². The molecule has 0 aliphatic carbocycles. The Bertz CT molecular complexity index is 574. The average Bonchev–Trinajstić information content (AvgIpc) is 2.73. The molecule has 2 heterocycles. The van der Waals surface area contributed by atoms with Crippen LogP contribution < -0.4 is 10.2 Å². The van der Waals surface area contributed by atoms with Crippen LogP contribution in [0.2, 0.25) is 4.34 Å². The summed E-state index contributed by atoms with van der Waals surface area (Å²) in [7, 11) is 2.04. The number of hydrogen-bond donors (Lipinski definition) is 1. The lowest BCUT2D eigenvalue weighted by Gasteiger charge is -2.23. The third kappa shape index (κ3) is 4.39. The van der Waals surface area contributed by atoms with Gasteiger partial charge < -0.3 is 10.2 Å². The van der Waals surface area contributed by atoms with Crippen molar-refractivity contribution in [3.8, 4) is 0 Å². The van der Waals surface area contributed by atoms with Gasteiger partial charge in [-0.2, -0.15) is 0 Å². The van der Waals surface area contributed by atoms with Crippen LogP contribution in [0.15, 0.2) is 30.3 Å². The molecule has 0 fully saturated rings. The Kier molecular flexibility index (Phi) is 4.55. The second-order valence-electron chi connectivity index (χ2n) is 5.82. The minimum absolute atomic E-state index is 0.00543. The highest BCUT2D eigenvalue weighted by molar-refractivity contribution is 7.16. The lowest BCUT2D eigenvalue weighted by molar-refractivity contribution is 0.630. The number of rotatable bonds is 4. The largest absolute Gasteiger partial charge is 0.365 e. The summed E-state index contributed by atoms with van der Waals surface area (Å²) >= 11 is 7.57. The van der Waals surface area contributed by atoms with Crippen LogP contribution >= 0.6 is 22.9 Å². The maximum absolute atomic E-state index is 5.96. The van der Waals surface area contributed by atoms with Crippen LogP contribution in [0.1, 0.15) is 25.6 Å². The molecule has 0 radical (unpaired) electrons. The molecule has 3 nitrogen and oxygen atoms in total. The Morgan fingerprint density at radius 3 is 2.60 bits per heavy atom. The molecule has 5 heteroatoms. The number of nitrogens with zero attached hydrogens (tertiary/aromatic N) is 2. The number of pyridine rings is 1. The first-order chi connectivity index (χ1) is 9.33. The molecule has 0 aliphatic heterocycles. The van der Waals surface area contributed by atoms with E-state index in [2.05, 4.69) is 42.0 Å². The molecule has 0 unspecified atom stereocenters. The molecule has 0 spiro atoms. The van der Waals surface area contributed by atoms with Gasteiger partial charge in [-0.25, -0.2) is 4.98 Å². The summed E-state index contributed by atoms with van der Waals surface area (Å²) in [6, 6.07) is 10.0. The molecule has 0 amide bonds. The zero-order chi connectivity index (χ0) is 14.8. The molecule has 0 saturated heterocycles. The van der Waals surface area contributed by atoms with E-state index in [4.69, 9.17) is 11.6 Å². The highest BCUT2D eigenvalue weighted by atomic mass is 35.5. The number of anilines is 2. The molecule has 0 bridgehead atoms. The summed E-state index contributed by atoms with van der Waals surface area (Å²) < 4.78 is 0.824.